The summed E-state index contributed by atoms with van der Waals surface area (Å²) < 4.78 is 26.1. The molecule has 2 rings (SSSR count). The van der Waals surface area contributed by atoms with E-state index in [1.54, 1.807) is 18.2 Å². The summed E-state index contributed by atoms with van der Waals surface area (Å²) in [6.07, 6.45) is 0.780. The monoisotopic (exact) mass is 287 g/mol. The van der Waals surface area contributed by atoms with E-state index in [-0.39, 0.29) is 31.0 Å². The zero-order valence-corrected chi connectivity index (χ0v) is 11.2. The van der Waals surface area contributed by atoms with E-state index in [0.717, 1.165) is 0 Å². The van der Waals surface area contributed by atoms with Gasteiger partial charge in [0.15, 0.2) is 5.78 Å². The molecule has 0 amide bonds. The van der Waals surface area contributed by atoms with Crippen LogP contribution in [-0.2, 0) is 0 Å². The van der Waals surface area contributed by atoms with Gasteiger partial charge >= 0.3 is 0 Å². The Hall–Kier alpha value is -1.16. The highest BCUT2D eigenvalue weighted by Gasteiger charge is 2.35. The molecule has 0 radical (unpaired) electrons. The molecule has 0 bridgehead atoms. The molecule has 2 nitrogen and oxygen atoms in total. The normalized spacial score (nSPS) is 19.3. The zero-order valence-electron chi connectivity index (χ0n) is 10.5. The Labute approximate surface area is 115 Å². The molecule has 0 saturated heterocycles. The van der Waals surface area contributed by atoms with E-state index in [0.29, 0.717) is 29.1 Å². The fourth-order valence-corrected chi connectivity index (χ4v) is 2.66. The van der Waals surface area contributed by atoms with Gasteiger partial charge in [0.2, 0.25) is 5.92 Å². The second-order valence-electron chi connectivity index (χ2n) is 5.17. The number of carbonyl (C=O) groups excluding carboxylic acids is 1. The summed E-state index contributed by atoms with van der Waals surface area (Å²) in [5.41, 5.74) is 6.49. The Morgan fingerprint density at radius 3 is 2.63 bits per heavy atom. The topological polar surface area (TPSA) is 43.1 Å². The molecule has 19 heavy (non-hydrogen) atoms. The number of Topliss-reactive ketones (excluding diaryl/α,β-unsaturated/α-hetero) is 1. The molecule has 0 atom stereocenters. The van der Waals surface area contributed by atoms with Crippen molar-refractivity contribution in [2.45, 2.75) is 38.0 Å². The van der Waals surface area contributed by atoms with Crippen molar-refractivity contribution < 1.29 is 13.6 Å². The smallest absolute Gasteiger partial charge is 0.248 e. The van der Waals surface area contributed by atoms with Crippen LogP contribution in [0.1, 0.15) is 42.5 Å². The van der Waals surface area contributed by atoms with Crippen LogP contribution in [0.2, 0.25) is 5.02 Å². The molecule has 1 aliphatic rings. The molecule has 1 aliphatic carbocycles. The number of hydrogen-bond donors (Lipinski definition) is 1. The number of anilines is 1. The van der Waals surface area contributed by atoms with Crippen LogP contribution in [0.15, 0.2) is 18.2 Å². The highest BCUT2D eigenvalue weighted by molar-refractivity contribution is 6.34. The van der Waals surface area contributed by atoms with Gasteiger partial charge in [0.25, 0.3) is 0 Å². The van der Waals surface area contributed by atoms with Gasteiger partial charge in [-0.05, 0) is 37.0 Å². The molecule has 0 aromatic heterocycles. The van der Waals surface area contributed by atoms with E-state index in [1.165, 1.54) is 0 Å². The highest BCUT2D eigenvalue weighted by Crippen LogP contribution is 2.38. The molecule has 1 aromatic rings. The van der Waals surface area contributed by atoms with E-state index < -0.39 is 5.92 Å². The number of ketones is 1. The van der Waals surface area contributed by atoms with Crippen molar-refractivity contribution in [2.24, 2.45) is 5.92 Å². The van der Waals surface area contributed by atoms with Crippen LogP contribution in [0.3, 0.4) is 0 Å². The maximum absolute atomic E-state index is 13.0. The molecule has 1 fully saturated rings. The van der Waals surface area contributed by atoms with Crippen molar-refractivity contribution >= 4 is 23.1 Å². The Morgan fingerprint density at radius 1 is 1.37 bits per heavy atom. The molecule has 0 spiro atoms. The summed E-state index contributed by atoms with van der Waals surface area (Å²) in [4.78, 5) is 12.1. The van der Waals surface area contributed by atoms with Gasteiger partial charge < -0.3 is 5.73 Å². The molecule has 104 valence electrons. The standard InChI is InChI=1S/C14H16ClF2NO/c15-12-2-1-10(18)8-11(12)13(19)7-9-3-5-14(16,17)6-4-9/h1-2,8-9H,3-7,18H2. The van der Waals surface area contributed by atoms with Crippen molar-refractivity contribution in [3.8, 4) is 0 Å². The Bertz CT molecular complexity index is 480. The van der Waals surface area contributed by atoms with Gasteiger partial charge in [-0.3, -0.25) is 4.79 Å². The van der Waals surface area contributed by atoms with Crippen LogP contribution >= 0.6 is 11.6 Å². The van der Waals surface area contributed by atoms with Gasteiger partial charge in [0.1, 0.15) is 0 Å². The van der Waals surface area contributed by atoms with Gasteiger partial charge in [-0.1, -0.05) is 11.6 Å². The van der Waals surface area contributed by atoms with E-state index in [4.69, 9.17) is 17.3 Å². The average Bonchev–Trinajstić information content (AvgIpc) is 2.35. The number of hydrogen-bond acceptors (Lipinski definition) is 2. The summed E-state index contributed by atoms with van der Waals surface area (Å²) in [7, 11) is 0. The molecule has 0 aliphatic heterocycles. The number of nitrogen functional groups attached to an aromatic ring is 1. The summed E-state index contributed by atoms with van der Waals surface area (Å²) >= 11 is 5.96. The predicted octanol–water partition coefficient (Wildman–Crippen LogP) is 4.32. The van der Waals surface area contributed by atoms with Crippen molar-refractivity contribution in [3.63, 3.8) is 0 Å². The fraction of sp³-hybridized carbons (Fsp3) is 0.500. The third-order valence-electron chi connectivity index (χ3n) is 3.60. The summed E-state index contributed by atoms with van der Waals surface area (Å²) in [6, 6.07) is 4.75. The maximum atomic E-state index is 13.0. The summed E-state index contributed by atoms with van der Waals surface area (Å²) in [6.45, 7) is 0. The van der Waals surface area contributed by atoms with Gasteiger partial charge in [-0.2, -0.15) is 0 Å². The first-order valence-corrected chi connectivity index (χ1v) is 6.71. The van der Waals surface area contributed by atoms with E-state index in [9.17, 15) is 13.6 Å². The minimum Gasteiger partial charge on any atom is -0.399 e. The number of nitrogens with two attached hydrogens (primary N) is 1. The number of halogens is 3. The van der Waals surface area contributed by atoms with Gasteiger partial charge in [-0.25, -0.2) is 8.78 Å². The van der Waals surface area contributed by atoms with Crippen molar-refractivity contribution in [3.05, 3.63) is 28.8 Å². The minimum atomic E-state index is -2.56. The molecule has 5 heteroatoms. The SMILES string of the molecule is Nc1ccc(Cl)c(C(=O)CC2CCC(F)(F)CC2)c1. The molecule has 1 aromatic carbocycles. The Morgan fingerprint density at radius 2 is 2.00 bits per heavy atom. The third kappa shape index (κ3) is 3.66. The van der Waals surface area contributed by atoms with Crippen LogP contribution < -0.4 is 5.73 Å². The zero-order chi connectivity index (χ0) is 14.0. The maximum Gasteiger partial charge on any atom is 0.248 e. The van der Waals surface area contributed by atoms with E-state index in [1.807, 2.05) is 0 Å². The second kappa shape index (κ2) is 5.45. The lowest BCUT2D eigenvalue weighted by Crippen LogP contribution is -2.25. The molecular formula is C14H16ClF2NO. The fourth-order valence-electron chi connectivity index (χ4n) is 2.43. The van der Waals surface area contributed by atoms with Crippen LogP contribution in [0.4, 0.5) is 14.5 Å². The molecule has 1 saturated carbocycles. The molecule has 0 unspecified atom stereocenters. The summed E-state index contributed by atoms with van der Waals surface area (Å²) in [5.74, 6) is -2.66. The third-order valence-corrected chi connectivity index (χ3v) is 3.93. The van der Waals surface area contributed by atoms with Crippen LogP contribution in [0.5, 0.6) is 0 Å². The number of alkyl halides is 2. The first kappa shape index (κ1) is 14.3. The van der Waals surface area contributed by atoms with Crippen LogP contribution in [0.25, 0.3) is 0 Å². The summed E-state index contributed by atoms with van der Waals surface area (Å²) in [5, 5.41) is 0.361. The number of benzene rings is 1. The lowest BCUT2D eigenvalue weighted by atomic mass is 9.83. The first-order valence-electron chi connectivity index (χ1n) is 6.33. The Balaban J connectivity index is 2.00. The van der Waals surface area contributed by atoms with Gasteiger partial charge in [0, 0.05) is 30.5 Å². The quantitative estimate of drug-likeness (QED) is 0.664. The van der Waals surface area contributed by atoms with Gasteiger partial charge in [0.05, 0.1) is 5.02 Å². The lowest BCUT2D eigenvalue weighted by molar-refractivity contribution is -0.0458. The first-order chi connectivity index (χ1) is 8.87. The van der Waals surface area contributed by atoms with Crippen molar-refractivity contribution in [1.82, 2.24) is 0 Å². The molecular weight excluding hydrogens is 272 g/mol. The number of rotatable bonds is 3. The lowest BCUT2D eigenvalue weighted by Gasteiger charge is -2.27. The highest BCUT2D eigenvalue weighted by atomic mass is 35.5. The number of carbonyl (C=O) groups is 1. The minimum absolute atomic E-state index is 0.0182. The second-order valence-corrected chi connectivity index (χ2v) is 5.57. The van der Waals surface area contributed by atoms with E-state index >= 15 is 0 Å². The molecule has 2 N–H and O–H groups in total. The van der Waals surface area contributed by atoms with Crippen LogP contribution in [0, 0.1) is 5.92 Å². The van der Waals surface area contributed by atoms with Crippen molar-refractivity contribution in [2.75, 3.05) is 5.73 Å². The molecule has 0 heterocycles. The van der Waals surface area contributed by atoms with Gasteiger partial charge in [-0.15, -0.1) is 0 Å². The Kier molecular flexibility index (Phi) is 4.09. The van der Waals surface area contributed by atoms with E-state index in [2.05, 4.69) is 0 Å². The largest absolute Gasteiger partial charge is 0.399 e. The predicted molar refractivity (Wildman–Crippen MR) is 71.7 cm³/mol. The van der Waals surface area contributed by atoms with Crippen LogP contribution in [-0.4, -0.2) is 11.7 Å². The van der Waals surface area contributed by atoms with Crippen molar-refractivity contribution in [1.29, 1.82) is 0 Å². The average molecular weight is 288 g/mol.